The van der Waals surface area contributed by atoms with Gasteiger partial charge in [-0.15, -0.1) is 0 Å². The third kappa shape index (κ3) is 4.75. The number of esters is 1. The van der Waals surface area contributed by atoms with E-state index in [-0.39, 0.29) is 12.2 Å². The summed E-state index contributed by atoms with van der Waals surface area (Å²) in [5.41, 5.74) is 3.60. The van der Waals surface area contributed by atoms with Crippen LogP contribution in [0.1, 0.15) is 49.9 Å². The van der Waals surface area contributed by atoms with E-state index < -0.39 is 12.0 Å². The zero-order chi connectivity index (χ0) is 24.2. The molecular weight excluding hydrogens is 448 g/mol. The van der Waals surface area contributed by atoms with Gasteiger partial charge in [0.05, 0.1) is 35.1 Å². The van der Waals surface area contributed by atoms with Crippen LogP contribution in [0.15, 0.2) is 69.6 Å². The van der Waals surface area contributed by atoms with Crippen molar-refractivity contribution in [2.75, 3.05) is 13.2 Å². The van der Waals surface area contributed by atoms with Crippen molar-refractivity contribution in [2.24, 2.45) is 4.99 Å². The van der Waals surface area contributed by atoms with Gasteiger partial charge in [0.25, 0.3) is 5.56 Å². The van der Waals surface area contributed by atoms with Crippen LogP contribution in [-0.2, 0) is 9.53 Å². The summed E-state index contributed by atoms with van der Waals surface area (Å²) in [5.74, 6) is 0.348. The van der Waals surface area contributed by atoms with E-state index in [0.717, 1.165) is 28.9 Å². The van der Waals surface area contributed by atoms with Gasteiger partial charge in [-0.3, -0.25) is 9.36 Å². The Hall–Kier alpha value is -3.45. The van der Waals surface area contributed by atoms with Crippen LogP contribution in [0.25, 0.3) is 6.08 Å². The molecule has 1 atom stereocenters. The monoisotopic (exact) mass is 476 g/mol. The first kappa shape index (κ1) is 23.7. The highest BCUT2D eigenvalue weighted by Crippen LogP contribution is 2.30. The zero-order valence-corrected chi connectivity index (χ0v) is 20.6. The second-order valence-corrected chi connectivity index (χ2v) is 9.14. The summed E-state index contributed by atoms with van der Waals surface area (Å²) in [5, 5.41) is 0. The number of aromatic nitrogens is 1. The average molecular weight is 477 g/mol. The molecule has 0 fully saturated rings. The number of allylic oxidation sites excluding steroid dienone is 1. The molecule has 0 radical (unpaired) electrons. The molecule has 1 aromatic heterocycles. The highest BCUT2D eigenvalue weighted by atomic mass is 32.1. The van der Waals surface area contributed by atoms with E-state index in [4.69, 9.17) is 9.47 Å². The molecule has 3 aromatic rings. The van der Waals surface area contributed by atoms with Crippen molar-refractivity contribution in [2.45, 2.75) is 40.2 Å². The minimum atomic E-state index is -0.595. The molecule has 0 aliphatic carbocycles. The Kier molecular flexibility index (Phi) is 7.12. The molecule has 6 nitrogen and oxygen atoms in total. The van der Waals surface area contributed by atoms with Crippen molar-refractivity contribution in [3.8, 4) is 5.75 Å². The van der Waals surface area contributed by atoms with Crippen molar-refractivity contribution in [1.82, 2.24) is 4.57 Å². The van der Waals surface area contributed by atoms with Crippen LogP contribution in [0.3, 0.4) is 0 Å². The van der Waals surface area contributed by atoms with Gasteiger partial charge in [-0.25, -0.2) is 9.79 Å². The van der Waals surface area contributed by atoms with Crippen molar-refractivity contribution < 1.29 is 14.3 Å². The molecule has 0 saturated carbocycles. The minimum Gasteiger partial charge on any atom is -0.494 e. The second-order valence-electron chi connectivity index (χ2n) is 8.13. The van der Waals surface area contributed by atoms with Crippen molar-refractivity contribution in [3.63, 3.8) is 0 Å². The lowest BCUT2D eigenvalue weighted by molar-refractivity contribution is -0.139. The number of ether oxygens (including phenoxy) is 2. The first-order valence-electron chi connectivity index (χ1n) is 11.4. The van der Waals surface area contributed by atoms with Gasteiger partial charge in [0, 0.05) is 0 Å². The van der Waals surface area contributed by atoms with Gasteiger partial charge in [0.15, 0.2) is 4.80 Å². The molecule has 2 aromatic carbocycles. The van der Waals surface area contributed by atoms with Crippen LogP contribution in [0.4, 0.5) is 0 Å². The number of thiazole rings is 1. The van der Waals surface area contributed by atoms with Gasteiger partial charge >= 0.3 is 5.97 Å². The maximum atomic E-state index is 13.6. The summed E-state index contributed by atoms with van der Waals surface area (Å²) in [7, 11) is 0. The molecule has 34 heavy (non-hydrogen) atoms. The molecule has 2 heterocycles. The van der Waals surface area contributed by atoms with Crippen LogP contribution in [0.5, 0.6) is 5.75 Å². The van der Waals surface area contributed by atoms with E-state index >= 15 is 0 Å². The standard InChI is InChI=1S/C27H28N2O4S/c1-5-15-33-21-13-9-19(10-14-21)16-22-25(30)29-24(20-11-7-17(3)8-12-20)23(26(31)32-6-2)18(4)28-27(29)34-22/h7-14,16,24H,5-6,15H2,1-4H3/b22-16+/t24-/m0/s1. The van der Waals surface area contributed by atoms with Crippen LogP contribution in [0.2, 0.25) is 0 Å². The van der Waals surface area contributed by atoms with Gasteiger partial charge in [0.2, 0.25) is 0 Å². The van der Waals surface area contributed by atoms with Gasteiger partial charge in [-0.05, 0) is 56.5 Å². The Balaban J connectivity index is 1.83. The van der Waals surface area contributed by atoms with Gasteiger partial charge in [-0.2, -0.15) is 0 Å². The average Bonchev–Trinajstić information content (AvgIpc) is 3.12. The molecule has 0 spiro atoms. The number of rotatable bonds is 7. The number of hydrogen-bond donors (Lipinski definition) is 0. The topological polar surface area (TPSA) is 69.9 Å². The number of fused-ring (bicyclic) bond motifs is 1. The van der Waals surface area contributed by atoms with Crippen LogP contribution < -0.4 is 19.6 Å². The molecule has 1 aliphatic rings. The van der Waals surface area contributed by atoms with E-state index in [1.807, 2.05) is 61.5 Å². The normalized spacial score (nSPS) is 15.6. The van der Waals surface area contributed by atoms with E-state index in [0.29, 0.717) is 27.2 Å². The zero-order valence-electron chi connectivity index (χ0n) is 19.8. The molecule has 1 aliphatic heterocycles. The maximum Gasteiger partial charge on any atom is 0.338 e. The van der Waals surface area contributed by atoms with Gasteiger partial charge < -0.3 is 9.47 Å². The van der Waals surface area contributed by atoms with Gasteiger partial charge in [0.1, 0.15) is 5.75 Å². The molecule has 0 bridgehead atoms. The van der Waals surface area contributed by atoms with Crippen molar-refractivity contribution >= 4 is 23.4 Å². The fourth-order valence-corrected chi connectivity index (χ4v) is 4.93. The fraction of sp³-hybridized carbons (Fsp3) is 0.296. The molecule has 4 rings (SSSR count). The molecule has 7 heteroatoms. The quantitative estimate of drug-likeness (QED) is 0.485. The Labute approximate surface area is 202 Å². The lowest BCUT2D eigenvalue weighted by atomic mass is 9.95. The molecule has 0 unspecified atom stereocenters. The summed E-state index contributed by atoms with van der Waals surface area (Å²) in [6.45, 7) is 8.54. The largest absolute Gasteiger partial charge is 0.494 e. The third-order valence-electron chi connectivity index (χ3n) is 5.56. The second kappa shape index (κ2) is 10.2. The number of aryl methyl sites for hydroxylation is 1. The Morgan fingerprint density at radius 1 is 1.09 bits per heavy atom. The number of carbonyl (C=O) groups excluding carboxylic acids is 1. The van der Waals surface area contributed by atoms with Crippen LogP contribution in [0, 0.1) is 6.92 Å². The van der Waals surface area contributed by atoms with Crippen LogP contribution in [-0.4, -0.2) is 23.8 Å². The Morgan fingerprint density at radius 2 is 1.79 bits per heavy atom. The van der Waals surface area contributed by atoms with Crippen molar-refractivity contribution in [1.29, 1.82) is 0 Å². The number of nitrogens with zero attached hydrogens (tertiary/aromatic N) is 2. The Morgan fingerprint density at radius 3 is 2.44 bits per heavy atom. The van der Waals surface area contributed by atoms with Crippen LogP contribution >= 0.6 is 11.3 Å². The summed E-state index contributed by atoms with van der Waals surface area (Å²) in [6, 6.07) is 14.9. The highest BCUT2D eigenvalue weighted by molar-refractivity contribution is 7.07. The molecular formula is C27H28N2O4S. The Bertz CT molecular complexity index is 1400. The SMILES string of the molecule is CCCOc1ccc(/C=c2/sc3n(c2=O)[C@@H](c2ccc(C)cc2)C(C(=O)OCC)=C(C)N=3)cc1. The lowest BCUT2D eigenvalue weighted by Crippen LogP contribution is -2.39. The number of carbonyl (C=O) groups is 1. The number of hydrogen-bond acceptors (Lipinski definition) is 6. The number of benzene rings is 2. The molecule has 176 valence electrons. The lowest BCUT2D eigenvalue weighted by Gasteiger charge is -2.24. The third-order valence-corrected chi connectivity index (χ3v) is 6.54. The molecule has 0 amide bonds. The fourth-order valence-electron chi connectivity index (χ4n) is 3.89. The summed E-state index contributed by atoms with van der Waals surface area (Å²) in [4.78, 5) is 31.7. The van der Waals surface area contributed by atoms with E-state index in [1.54, 1.807) is 18.4 Å². The summed E-state index contributed by atoms with van der Waals surface area (Å²) in [6.07, 6.45) is 2.79. The summed E-state index contributed by atoms with van der Waals surface area (Å²) < 4.78 is 13.1. The highest BCUT2D eigenvalue weighted by Gasteiger charge is 2.33. The van der Waals surface area contributed by atoms with E-state index in [2.05, 4.69) is 11.9 Å². The smallest absolute Gasteiger partial charge is 0.338 e. The van der Waals surface area contributed by atoms with Crippen molar-refractivity contribution in [3.05, 3.63) is 96.2 Å². The van der Waals surface area contributed by atoms with Gasteiger partial charge in [-0.1, -0.05) is 60.2 Å². The predicted molar refractivity (Wildman–Crippen MR) is 134 cm³/mol. The van der Waals surface area contributed by atoms with E-state index in [9.17, 15) is 9.59 Å². The predicted octanol–water partition coefficient (Wildman–Crippen LogP) is 3.90. The minimum absolute atomic E-state index is 0.185. The maximum absolute atomic E-state index is 13.6. The first-order chi connectivity index (χ1) is 16.4. The first-order valence-corrected chi connectivity index (χ1v) is 12.2. The molecule has 0 N–H and O–H groups in total. The van der Waals surface area contributed by atoms with E-state index in [1.165, 1.54) is 11.3 Å². The summed E-state index contributed by atoms with van der Waals surface area (Å²) >= 11 is 1.32. The molecule has 0 saturated heterocycles.